The number of nitrogens with zero attached hydrogens (tertiary/aromatic N) is 3. The van der Waals surface area contributed by atoms with E-state index in [1.165, 1.54) is 16.7 Å². The van der Waals surface area contributed by atoms with Gasteiger partial charge in [0.2, 0.25) is 11.8 Å². The molecule has 33 heteroatoms. The molecule has 0 spiro atoms. The SMILES string of the molecule is C[n+]1ccc(-c2cc[n+](Cc3ccc(C(=O)OCCCCN4C(=O)CC(SCCCOP(=O)(O)OC5C(COP(=O)(O)OC6C(COP(=O)(O)OC7C(COP(=O)(O)OC8[C@@H](c9ccc%10ccc%11cccc%12ccc9c%10c%11%12)CO[C@@H]8CO)OC[C@@H]7c7ccc8ccc9cccc%10ccc7c8c9%10)OC[C@@H]6c6ccc7ccc8cccc9ccc6c7c89)OC[C@@H]5c5ccc6ccc7cccc8ccc5c6c78)C4=O)cc3)cc2)cc1. The summed E-state index contributed by atoms with van der Waals surface area (Å²) >= 11 is 1.22. The van der Waals surface area contributed by atoms with Gasteiger partial charge >= 0.3 is 37.3 Å². The van der Waals surface area contributed by atoms with Gasteiger partial charge in [-0.2, -0.15) is 0 Å². The van der Waals surface area contributed by atoms with Gasteiger partial charge in [-0.15, -0.1) is 11.8 Å². The van der Waals surface area contributed by atoms with Gasteiger partial charge < -0.3 is 48.4 Å². The van der Waals surface area contributed by atoms with E-state index in [-0.39, 0.29) is 76.6 Å². The molecular formula is C114H103N3O25P4S+2. The number of aliphatic hydroxyl groups excluding tert-OH is 1. The van der Waals surface area contributed by atoms with Gasteiger partial charge in [-0.05, 0) is 200 Å². The molecule has 0 aliphatic carbocycles. The summed E-state index contributed by atoms with van der Waals surface area (Å²) in [5.41, 5.74) is 6.33. The number of ether oxygens (including phenoxy) is 5. The predicted molar refractivity (Wildman–Crippen MR) is 561 cm³/mol. The lowest BCUT2D eigenvalue weighted by Gasteiger charge is -2.29. The number of hydrogen-bond donors (Lipinski definition) is 5. The Labute approximate surface area is 847 Å². The second-order valence-electron chi connectivity index (χ2n) is 38.9. The zero-order valence-electron chi connectivity index (χ0n) is 79.7. The van der Waals surface area contributed by atoms with Crippen LogP contribution >= 0.6 is 43.1 Å². The van der Waals surface area contributed by atoms with E-state index in [9.17, 15) is 48.2 Å². The van der Waals surface area contributed by atoms with Crippen LogP contribution in [0.1, 0.15) is 87.5 Å². The molecule has 2 aromatic heterocycles. The van der Waals surface area contributed by atoms with Crippen LogP contribution in [0.2, 0.25) is 0 Å². The maximum atomic E-state index is 15.5. The average Bonchev–Trinajstić information content (AvgIpc) is 1.73. The zero-order valence-corrected chi connectivity index (χ0v) is 84.1. The third kappa shape index (κ3) is 19.1. The number of pyridine rings is 2. The number of thioether (sulfide) groups is 1. The molecule has 5 fully saturated rings. The summed E-state index contributed by atoms with van der Waals surface area (Å²) in [6.45, 7) is -2.90. The third-order valence-corrected chi connectivity index (χ3v) is 35.4. The number of carbonyl (C=O) groups excluding carboxylic acids is 3. The topological polar surface area (TPSA) is 352 Å². The Hall–Kier alpha value is -11.6. The minimum Gasteiger partial charge on any atom is -0.462 e. The quantitative estimate of drug-likeness (QED) is 0.00603. The lowest BCUT2D eigenvalue weighted by molar-refractivity contribution is -0.688. The van der Waals surface area contributed by atoms with Crippen molar-refractivity contribution in [1.82, 2.24) is 4.90 Å². The van der Waals surface area contributed by atoms with Crippen LogP contribution in [-0.2, 0) is 101 Å². The van der Waals surface area contributed by atoms with Crippen LogP contribution in [0.4, 0.5) is 0 Å². The van der Waals surface area contributed by atoms with E-state index in [1.807, 2.05) is 255 Å². The van der Waals surface area contributed by atoms with Gasteiger partial charge in [0.25, 0.3) is 0 Å². The number of aromatic nitrogens is 2. The van der Waals surface area contributed by atoms with Gasteiger partial charge in [0.15, 0.2) is 31.3 Å². The predicted octanol–water partition coefficient (Wildman–Crippen LogP) is 21.0. The minimum atomic E-state index is -5.47. The van der Waals surface area contributed by atoms with Crippen molar-refractivity contribution in [3.8, 4) is 11.1 Å². The monoisotopic (exact) mass is 2070 g/mol. The van der Waals surface area contributed by atoms with Crippen LogP contribution in [0.5, 0.6) is 0 Å². The number of rotatable bonds is 37. The first kappa shape index (κ1) is 97.5. The normalized spacial score (nSPS) is 23.3. The maximum Gasteiger partial charge on any atom is 0.472 e. The lowest BCUT2D eigenvalue weighted by atomic mass is 9.86. The molecule has 5 aliphatic heterocycles. The summed E-state index contributed by atoms with van der Waals surface area (Å²) in [5, 5.41) is 32.8. The van der Waals surface area contributed by atoms with Crippen LogP contribution in [0.3, 0.4) is 0 Å². The van der Waals surface area contributed by atoms with Crippen molar-refractivity contribution >= 4 is 190 Å². The van der Waals surface area contributed by atoms with Crippen molar-refractivity contribution in [3.63, 3.8) is 0 Å². The maximum absolute atomic E-state index is 15.5. The molecule has 19 aromatic rings. The molecule has 0 bridgehead atoms. The Morgan fingerprint density at radius 2 is 0.707 bits per heavy atom. The fraction of sp³-hybridized carbons (Fsp3) is 0.272. The summed E-state index contributed by atoms with van der Waals surface area (Å²) in [6.07, 6.45) is -1.99. The number of hydrogen-bond acceptors (Lipinski definition) is 22. The summed E-state index contributed by atoms with van der Waals surface area (Å²) in [5.74, 6) is -4.30. The molecule has 5 aliphatic rings. The van der Waals surface area contributed by atoms with Gasteiger partial charge in [0.05, 0.1) is 76.9 Å². The van der Waals surface area contributed by atoms with Gasteiger partial charge in [-0.1, -0.05) is 231 Å². The van der Waals surface area contributed by atoms with E-state index >= 15 is 9.13 Å². The summed E-state index contributed by atoms with van der Waals surface area (Å²) in [7, 11) is -19.3. The van der Waals surface area contributed by atoms with Crippen molar-refractivity contribution in [1.29, 1.82) is 0 Å². The van der Waals surface area contributed by atoms with E-state index in [0.29, 0.717) is 41.6 Å². The molecular weight excluding hydrogens is 1970 g/mol. The number of phosphoric ester groups is 4. The third-order valence-electron chi connectivity index (χ3n) is 30.1. The molecule has 147 heavy (non-hydrogen) atoms. The molecule has 2 amide bonds. The number of unbranched alkanes of at least 4 members (excludes halogenated alkanes) is 1. The molecule has 24 rings (SSSR count). The minimum absolute atomic E-state index is 0.0270. The molecule has 5 N–H and O–H groups in total. The molecule has 0 saturated carbocycles. The number of carbonyl (C=O) groups is 3. The highest BCUT2D eigenvalue weighted by atomic mass is 32.2. The van der Waals surface area contributed by atoms with Crippen LogP contribution in [0.25, 0.3) is 140 Å². The number of phosphoric acid groups is 4. The van der Waals surface area contributed by atoms with E-state index < -0.39 is 141 Å². The summed E-state index contributed by atoms with van der Waals surface area (Å²) in [4.78, 5) is 90.5. The van der Waals surface area contributed by atoms with Crippen molar-refractivity contribution < 1.29 is 126 Å². The molecule has 0 radical (unpaired) electrons. The first-order valence-electron chi connectivity index (χ1n) is 49.4. The molecule has 28 nitrogen and oxygen atoms in total. The van der Waals surface area contributed by atoms with Crippen molar-refractivity contribution in [3.05, 3.63) is 325 Å². The molecule has 12 unspecified atom stereocenters. The zero-order chi connectivity index (χ0) is 100. The van der Waals surface area contributed by atoms with E-state index in [2.05, 4.69) is 41.0 Å². The number of aliphatic hydroxyl groups is 1. The molecule has 17 atom stereocenters. The van der Waals surface area contributed by atoms with Gasteiger partial charge in [-0.25, -0.2) is 32.2 Å². The Balaban J connectivity index is 0.462. The number of aryl methyl sites for hydroxylation is 1. The van der Waals surface area contributed by atoms with Crippen molar-refractivity contribution in [2.75, 3.05) is 78.4 Å². The largest absolute Gasteiger partial charge is 0.472 e. The Morgan fingerprint density at radius 1 is 0.381 bits per heavy atom. The molecule has 5 saturated heterocycles. The van der Waals surface area contributed by atoms with Gasteiger partial charge in [0.1, 0.15) is 55.9 Å². The fourth-order valence-corrected chi connectivity index (χ4v) is 28.1. The van der Waals surface area contributed by atoms with Crippen LogP contribution < -0.4 is 9.13 Å². The Bertz CT molecular complexity index is 8420. The number of imide groups is 1. The Kier molecular flexibility index (Phi) is 26.6. The standard InChI is InChI=1S/C114H101N3O25P4S/c1-115-50-45-68(46-51-115)69-47-52-116(53-48-69)58-67-17-19-82(20-18-67)114(121)130-54-3-2-49-117-100(119)57-99(113(117)120)147-56-8-55-135-143(122,123)140-110-92(84-38-30-79-26-22-71-10-5-14-75-34-42-88(84)106(79)102(71)75)61-132-96(110)64-137-145(126,127)142-112-94(86-40-32-81-28-24-73-12-7-16-77-36-44-90(86)108(81)104(73)77)63-134-98(112)66-138-146(128,129)141-111-93(85-39-31-80-27-23-72-11-6-15-76-35-43-89(85)107(80)103(72)76)62-133-97(111)65-136-144(124,125)139-109-91(60-131-95(109)59-118)83-37-29-78-25-21-70-9-4-13-74-33-41-87(83)105(78)101(70)74/h4-7,9-48,50-53,91-99,109-112,118H,2-3,8,49,54-66H2,1H3,(H2-2,122,123,124,125,126,127,128,129)/p+2/t91-,92-,93-,94-,95-,96?,97?,98?,99?,109?,110?,111?,112?/m1/s1. The second-order valence-corrected chi connectivity index (χ2v) is 45.8. The van der Waals surface area contributed by atoms with E-state index in [4.69, 9.17) is 59.9 Å². The molecule has 7 heterocycles. The molecule has 748 valence electrons. The van der Waals surface area contributed by atoms with E-state index in [1.54, 1.807) is 12.1 Å². The number of amides is 2. The van der Waals surface area contributed by atoms with Crippen LogP contribution in [0, 0.1) is 0 Å². The lowest BCUT2D eigenvalue weighted by Crippen LogP contribution is -2.35. The first-order valence-corrected chi connectivity index (χ1v) is 56.4. The van der Waals surface area contributed by atoms with Gasteiger partial charge in [0, 0.05) is 66.5 Å². The van der Waals surface area contributed by atoms with Crippen LogP contribution in [0.15, 0.2) is 292 Å². The second kappa shape index (κ2) is 40.0. The summed E-state index contributed by atoms with van der Waals surface area (Å²) < 4.78 is 145. The van der Waals surface area contributed by atoms with E-state index in [0.717, 1.165) is 152 Å². The number of likely N-dealkylation sites (tertiary alicyclic amines) is 1. The highest BCUT2D eigenvalue weighted by molar-refractivity contribution is 8.00. The van der Waals surface area contributed by atoms with Crippen LogP contribution in [-0.4, -0.2) is 180 Å². The molecule has 17 aromatic carbocycles. The smallest absolute Gasteiger partial charge is 0.462 e. The average molecular weight is 2070 g/mol. The first-order chi connectivity index (χ1) is 71.4. The van der Waals surface area contributed by atoms with Crippen molar-refractivity contribution in [2.24, 2.45) is 7.05 Å². The number of esters is 1. The Morgan fingerprint density at radius 3 is 1.07 bits per heavy atom. The number of benzene rings is 17. The van der Waals surface area contributed by atoms with Crippen molar-refractivity contribution in [2.45, 2.75) is 110 Å². The van der Waals surface area contributed by atoms with Gasteiger partial charge in [-0.3, -0.25) is 50.7 Å². The highest BCUT2D eigenvalue weighted by Gasteiger charge is 2.53. The highest BCUT2D eigenvalue weighted by Crippen LogP contribution is 2.59. The fourth-order valence-electron chi connectivity index (χ4n) is 23.0. The summed E-state index contributed by atoms with van der Waals surface area (Å²) in [6, 6.07) is 87.3.